The SMILES string of the molecule is COC(=O)C1(NCc2cccs2)CCN(C)C1. The fraction of sp³-hybridized carbons (Fsp3) is 0.583. The highest BCUT2D eigenvalue weighted by molar-refractivity contribution is 7.09. The molecule has 0 bridgehead atoms. The van der Waals surface area contributed by atoms with E-state index in [0.29, 0.717) is 6.54 Å². The number of nitrogens with zero attached hydrogens (tertiary/aromatic N) is 1. The van der Waals surface area contributed by atoms with Crippen LogP contribution in [0, 0.1) is 0 Å². The summed E-state index contributed by atoms with van der Waals surface area (Å²) in [6, 6.07) is 4.09. The predicted octanol–water partition coefficient (Wildman–Crippen LogP) is 1.08. The molecule has 1 saturated heterocycles. The Hall–Kier alpha value is -0.910. The number of ether oxygens (including phenoxy) is 1. The Morgan fingerprint density at radius 2 is 2.53 bits per heavy atom. The molecule has 0 aliphatic carbocycles. The van der Waals surface area contributed by atoms with Crippen LogP contribution in [0.4, 0.5) is 0 Å². The van der Waals surface area contributed by atoms with E-state index in [1.807, 2.05) is 18.5 Å². The topological polar surface area (TPSA) is 41.6 Å². The van der Waals surface area contributed by atoms with Crippen LogP contribution in [0.1, 0.15) is 11.3 Å². The molecule has 1 fully saturated rings. The Kier molecular flexibility index (Phi) is 3.81. The molecule has 4 nitrogen and oxygen atoms in total. The second-order valence-corrected chi connectivity index (χ2v) is 5.53. The Bertz CT molecular complexity index is 380. The lowest BCUT2D eigenvalue weighted by Crippen LogP contribution is -2.54. The van der Waals surface area contributed by atoms with E-state index >= 15 is 0 Å². The maximum Gasteiger partial charge on any atom is 0.327 e. The van der Waals surface area contributed by atoms with E-state index < -0.39 is 5.54 Å². The number of nitrogens with one attached hydrogen (secondary N) is 1. The molecule has 1 aliphatic heterocycles. The second-order valence-electron chi connectivity index (χ2n) is 4.49. The van der Waals surface area contributed by atoms with Crippen molar-refractivity contribution in [3.8, 4) is 0 Å². The Balaban J connectivity index is 2.04. The Labute approximate surface area is 106 Å². The highest BCUT2D eigenvalue weighted by atomic mass is 32.1. The van der Waals surface area contributed by atoms with Crippen molar-refractivity contribution in [2.45, 2.75) is 18.5 Å². The summed E-state index contributed by atoms with van der Waals surface area (Å²) < 4.78 is 4.93. The molecule has 94 valence electrons. The lowest BCUT2D eigenvalue weighted by Gasteiger charge is -2.27. The van der Waals surface area contributed by atoms with Crippen LogP contribution in [-0.4, -0.2) is 43.7 Å². The van der Waals surface area contributed by atoms with Gasteiger partial charge in [-0.05, 0) is 24.9 Å². The van der Waals surface area contributed by atoms with E-state index in [4.69, 9.17) is 4.74 Å². The Morgan fingerprint density at radius 1 is 1.71 bits per heavy atom. The smallest absolute Gasteiger partial charge is 0.327 e. The van der Waals surface area contributed by atoms with Crippen LogP contribution in [0.5, 0.6) is 0 Å². The number of carbonyl (C=O) groups excluding carboxylic acids is 1. The van der Waals surface area contributed by atoms with Crippen LogP contribution in [0.2, 0.25) is 0 Å². The normalized spacial score (nSPS) is 25.1. The highest BCUT2D eigenvalue weighted by Gasteiger charge is 2.44. The van der Waals surface area contributed by atoms with Crippen LogP contribution >= 0.6 is 11.3 Å². The van der Waals surface area contributed by atoms with Crippen LogP contribution in [0.25, 0.3) is 0 Å². The van der Waals surface area contributed by atoms with Gasteiger partial charge in [0.25, 0.3) is 0 Å². The first kappa shape index (κ1) is 12.5. The molecule has 0 spiro atoms. The third-order valence-electron chi connectivity index (χ3n) is 3.22. The van der Waals surface area contributed by atoms with Gasteiger partial charge in [-0.2, -0.15) is 0 Å². The van der Waals surface area contributed by atoms with Crippen molar-refractivity contribution in [1.82, 2.24) is 10.2 Å². The fourth-order valence-corrected chi connectivity index (χ4v) is 2.89. The molecular weight excluding hydrogens is 236 g/mol. The number of hydrogen-bond acceptors (Lipinski definition) is 5. The highest BCUT2D eigenvalue weighted by Crippen LogP contribution is 2.23. The van der Waals surface area contributed by atoms with Crippen LogP contribution < -0.4 is 5.32 Å². The van der Waals surface area contributed by atoms with Gasteiger partial charge in [0.2, 0.25) is 0 Å². The zero-order chi connectivity index (χ0) is 12.3. The number of hydrogen-bond donors (Lipinski definition) is 1. The second kappa shape index (κ2) is 5.16. The summed E-state index contributed by atoms with van der Waals surface area (Å²) in [5.74, 6) is -0.154. The van der Waals surface area contributed by atoms with E-state index in [1.54, 1.807) is 11.3 Å². The van der Waals surface area contributed by atoms with E-state index in [2.05, 4.69) is 16.3 Å². The molecule has 1 aliphatic rings. The van der Waals surface area contributed by atoms with Gasteiger partial charge in [-0.3, -0.25) is 10.1 Å². The van der Waals surface area contributed by atoms with Gasteiger partial charge in [-0.15, -0.1) is 11.3 Å². The summed E-state index contributed by atoms with van der Waals surface area (Å²) in [5.41, 5.74) is -0.534. The zero-order valence-corrected chi connectivity index (χ0v) is 11.0. The van der Waals surface area contributed by atoms with Crippen molar-refractivity contribution in [3.05, 3.63) is 22.4 Å². The number of methoxy groups -OCH3 is 1. The molecule has 2 rings (SSSR count). The van der Waals surface area contributed by atoms with Crippen molar-refractivity contribution < 1.29 is 9.53 Å². The number of rotatable bonds is 4. The molecule has 1 N–H and O–H groups in total. The van der Waals surface area contributed by atoms with Gasteiger partial charge in [0.1, 0.15) is 5.54 Å². The van der Waals surface area contributed by atoms with Gasteiger partial charge in [-0.25, -0.2) is 0 Å². The number of likely N-dealkylation sites (tertiary alicyclic amines) is 1. The van der Waals surface area contributed by atoms with Crippen LogP contribution in [0.15, 0.2) is 17.5 Å². The van der Waals surface area contributed by atoms with E-state index in [-0.39, 0.29) is 5.97 Å². The number of likely N-dealkylation sites (N-methyl/N-ethyl adjacent to an activating group) is 1. The number of esters is 1. The molecule has 1 aromatic rings. The van der Waals surface area contributed by atoms with Crippen LogP contribution in [-0.2, 0) is 16.1 Å². The van der Waals surface area contributed by atoms with Crippen LogP contribution in [0.3, 0.4) is 0 Å². The molecule has 5 heteroatoms. The lowest BCUT2D eigenvalue weighted by atomic mass is 9.99. The number of thiophene rings is 1. The maximum atomic E-state index is 11.9. The summed E-state index contributed by atoms with van der Waals surface area (Å²) >= 11 is 1.70. The van der Waals surface area contributed by atoms with Gasteiger partial charge >= 0.3 is 5.97 Å². The largest absolute Gasteiger partial charge is 0.468 e. The third kappa shape index (κ3) is 2.68. The van der Waals surface area contributed by atoms with Crippen molar-refractivity contribution in [3.63, 3.8) is 0 Å². The minimum absolute atomic E-state index is 0.154. The predicted molar refractivity (Wildman–Crippen MR) is 68.0 cm³/mol. The van der Waals surface area contributed by atoms with Gasteiger partial charge in [-0.1, -0.05) is 6.07 Å². The third-order valence-corrected chi connectivity index (χ3v) is 4.09. The molecule has 1 unspecified atom stereocenters. The molecule has 17 heavy (non-hydrogen) atoms. The average Bonchev–Trinajstić information content (AvgIpc) is 2.95. The first-order valence-corrected chi connectivity index (χ1v) is 6.59. The van der Waals surface area contributed by atoms with Gasteiger partial charge in [0.05, 0.1) is 7.11 Å². The fourth-order valence-electron chi connectivity index (χ4n) is 2.25. The van der Waals surface area contributed by atoms with Gasteiger partial charge in [0, 0.05) is 24.5 Å². The van der Waals surface area contributed by atoms with Crippen molar-refractivity contribution in [2.75, 3.05) is 27.2 Å². The zero-order valence-electron chi connectivity index (χ0n) is 10.2. The quantitative estimate of drug-likeness (QED) is 0.817. The van der Waals surface area contributed by atoms with Crippen molar-refractivity contribution in [1.29, 1.82) is 0 Å². The summed E-state index contributed by atoms with van der Waals surface area (Å²) in [7, 11) is 3.48. The van der Waals surface area contributed by atoms with Crippen molar-refractivity contribution >= 4 is 17.3 Å². The standard InChI is InChI=1S/C12H18N2O2S/c1-14-6-5-12(9-14,11(15)16-2)13-8-10-4-3-7-17-10/h3-4,7,13H,5-6,8-9H2,1-2H3. The Morgan fingerprint density at radius 3 is 3.06 bits per heavy atom. The minimum atomic E-state index is -0.534. The molecule has 0 amide bonds. The van der Waals surface area contributed by atoms with Gasteiger partial charge in [0.15, 0.2) is 0 Å². The molecule has 1 atom stereocenters. The summed E-state index contributed by atoms with van der Waals surface area (Å²) in [4.78, 5) is 15.3. The minimum Gasteiger partial charge on any atom is -0.468 e. The summed E-state index contributed by atoms with van der Waals surface area (Å²) in [6.45, 7) is 2.36. The maximum absolute atomic E-state index is 11.9. The molecule has 0 saturated carbocycles. The summed E-state index contributed by atoms with van der Waals surface area (Å²) in [6.07, 6.45) is 0.807. The molecule has 0 aromatic carbocycles. The van der Waals surface area contributed by atoms with E-state index in [0.717, 1.165) is 19.5 Å². The molecule has 1 aromatic heterocycles. The first-order chi connectivity index (χ1) is 8.16. The van der Waals surface area contributed by atoms with E-state index in [1.165, 1.54) is 12.0 Å². The monoisotopic (exact) mass is 254 g/mol. The van der Waals surface area contributed by atoms with E-state index in [9.17, 15) is 4.79 Å². The van der Waals surface area contributed by atoms with Crippen molar-refractivity contribution in [2.24, 2.45) is 0 Å². The summed E-state index contributed by atoms with van der Waals surface area (Å²) in [5, 5.41) is 5.42. The molecular formula is C12H18N2O2S. The average molecular weight is 254 g/mol. The lowest BCUT2D eigenvalue weighted by molar-refractivity contribution is -0.148. The van der Waals surface area contributed by atoms with Gasteiger partial charge < -0.3 is 9.64 Å². The number of carbonyl (C=O) groups is 1. The molecule has 0 radical (unpaired) electrons. The first-order valence-electron chi connectivity index (χ1n) is 5.71. The molecule has 2 heterocycles.